The fourth-order valence-electron chi connectivity index (χ4n) is 2.63. The van der Waals surface area contributed by atoms with Crippen molar-refractivity contribution in [3.8, 4) is 0 Å². The SMILES string of the molecule is Cc1cc(C(=O)NC2CCCC2)ccc1NC(=O)CCN.Cl. The fraction of sp³-hybridized carbons (Fsp3) is 0.500. The Bertz CT molecular complexity index is 528. The maximum absolute atomic E-state index is 12.2. The van der Waals surface area contributed by atoms with Gasteiger partial charge in [-0.25, -0.2) is 0 Å². The molecule has 0 radical (unpaired) electrons. The summed E-state index contributed by atoms with van der Waals surface area (Å²) in [6.45, 7) is 2.21. The topological polar surface area (TPSA) is 84.2 Å². The van der Waals surface area contributed by atoms with Crippen molar-refractivity contribution in [2.75, 3.05) is 11.9 Å². The Kier molecular flexibility index (Phi) is 7.35. The van der Waals surface area contributed by atoms with E-state index in [1.807, 2.05) is 13.0 Å². The molecule has 0 bridgehead atoms. The van der Waals surface area contributed by atoms with E-state index in [9.17, 15) is 9.59 Å². The first kappa shape index (κ1) is 18.5. The molecule has 0 saturated heterocycles. The van der Waals surface area contributed by atoms with Gasteiger partial charge in [-0.05, 0) is 43.5 Å². The third-order valence-corrected chi connectivity index (χ3v) is 3.82. The van der Waals surface area contributed by atoms with Gasteiger partial charge in [0.15, 0.2) is 0 Å². The van der Waals surface area contributed by atoms with Crippen LogP contribution < -0.4 is 16.4 Å². The van der Waals surface area contributed by atoms with E-state index in [0.717, 1.165) is 24.1 Å². The lowest BCUT2D eigenvalue weighted by Gasteiger charge is -2.13. The summed E-state index contributed by atoms with van der Waals surface area (Å²) in [4.78, 5) is 23.7. The summed E-state index contributed by atoms with van der Waals surface area (Å²) in [6.07, 6.45) is 4.81. The van der Waals surface area contributed by atoms with Crippen LogP contribution in [0.15, 0.2) is 18.2 Å². The smallest absolute Gasteiger partial charge is 0.251 e. The van der Waals surface area contributed by atoms with Crippen molar-refractivity contribution in [1.29, 1.82) is 0 Å². The molecule has 2 rings (SSSR count). The van der Waals surface area contributed by atoms with Crippen LogP contribution in [0.5, 0.6) is 0 Å². The predicted octanol–water partition coefficient (Wildman–Crippen LogP) is 2.38. The standard InChI is InChI=1S/C16H23N3O2.ClH/c1-11-10-12(16(21)18-13-4-2-3-5-13)6-7-14(11)19-15(20)8-9-17;/h6-7,10,13H,2-5,8-9,17H2,1H3,(H,18,21)(H,19,20);1H. The molecule has 0 aromatic heterocycles. The van der Waals surface area contributed by atoms with Gasteiger partial charge in [0.25, 0.3) is 5.91 Å². The van der Waals surface area contributed by atoms with E-state index >= 15 is 0 Å². The Morgan fingerprint density at radius 2 is 1.95 bits per heavy atom. The number of hydrogen-bond acceptors (Lipinski definition) is 3. The molecule has 1 aliphatic carbocycles. The highest BCUT2D eigenvalue weighted by Crippen LogP contribution is 2.20. The average Bonchev–Trinajstić information content (AvgIpc) is 2.94. The second-order valence-electron chi connectivity index (χ2n) is 5.57. The molecule has 0 spiro atoms. The predicted molar refractivity (Wildman–Crippen MR) is 90.5 cm³/mol. The molecule has 2 amide bonds. The number of nitrogens with two attached hydrogens (primary N) is 1. The Hall–Kier alpha value is -1.59. The lowest BCUT2D eigenvalue weighted by Crippen LogP contribution is -2.32. The van der Waals surface area contributed by atoms with Crippen LogP contribution in [0.1, 0.15) is 48.0 Å². The number of anilines is 1. The molecule has 122 valence electrons. The zero-order valence-electron chi connectivity index (χ0n) is 12.9. The van der Waals surface area contributed by atoms with E-state index in [1.54, 1.807) is 12.1 Å². The highest BCUT2D eigenvalue weighted by Gasteiger charge is 2.18. The number of benzene rings is 1. The molecule has 1 saturated carbocycles. The summed E-state index contributed by atoms with van der Waals surface area (Å²) in [7, 11) is 0. The number of amides is 2. The highest BCUT2D eigenvalue weighted by molar-refractivity contribution is 5.96. The minimum atomic E-state index is -0.108. The zero-order valence-corrected chi connectivity index (χ0v) is 13.7. The molecule has 1 aromatic rings. The van der Waals surface area contributed by atoms with Crippen LogP contribution in [0.2, 0.25) is 0 Å². The third-order valence-electron chi connectivity index (χ3n) is 3.82. The fourth-order valence-corrected chi connectivity index (χ4v) is 2.63. The Morgan fingerprint density at radius 1 is 1.27 bits per heavy atom. The van der Waals surface area contributed by atoms with Crippen molar-refractivity contribution in [3.05, 3.63) is 29.3 Å². The van der Waals surface area contributed by atoms with Crippen molar-refractivity contribution in [2.45, 2.75) is 45.1 Å². The van der Waals surface area contributed by atoms with Gasteiger partial charge in [-0.1, -0.05) is 12.8 Å². The van der Waals surface area contributed by atoms with E-state index in [-0.39, 0.29) is 24.2 Å². The summed E-state index contributed by atoms with van der Waals surface area (Å²) in [5.74, 6) is -0.145. The molecule has 1 aromatic carbocycles. The number of halogens is 1. The van der Waals surface area contributed by atoms with Gasteiger partial charge in [0.05, 0.1) is 0 Å². The molecule has 0 heterocycles. The largest absolute Gasteiger partial charge is 0.349 e. The first-order chi connectivity index (χ1) is 10.1. The van der Waals surface area contributed by atoms with Crippen LogP contribution >= 0.6 is 12.4 Å². The first-order valence-electron chi connectivity index (χ1n) is 7.51. The second kappa shape index (κ2) is 8.76. The summed E-state index contributed by atoms with van der Waals surface area (Å²) < 4.78 is 0. The third kappa shape index (κ3) is 5.00. The lowest BCUT2D eigenvalue weighted by atomic mass is 10.1. The zero-order chi connectivity index (χ0) is 15.2. The van der Waals surface area contributed by atoms with Crippen molar-refractivity contribution < 1.29 is 9.59 Å². The van der Waals surface area contributed by atoms with Gasteiger partial charge >= 0.3 is 0 Å². The molecule has 1 aliphatic rings. The van der Waals surface area contributed by atoms with Crippen LogP contribution in [-0.4, -0.2) is 24.4 Å². The van der Waals surface area contributed by atoms with E-state index in [4.69, 9.17) is 5.73 Å². The maximum atomic E-state index is 12.2. The Labute approximate surface area is 137 Å². The van der Waals surface area contributed by atoms with Crippen LogP contribution in [0.4, 0.5) is 5.69 Å². The van der Waals surface area contributed by atoms with Crippen LogP contribution in [0.25, 0.3) is 0 Å². The molecule has 0 atom stereocenters. The van der Waals surface area contributed by atoms with Crippen molar-refractivity contribution >= 4 is 29.9 Å². The maximum Gasteiger partial charge on any atom is 0.251 e. The Balaban J connectivity index is 0.00000242. The van der Waals surface area contributed by atoms with Gasteiger partial charge in [0.2, 0.25) is 5.91 Å². The van der Waals surface area contributed by atoms with Gasteiger partial charge in [-0.2, -0.15) is 0 Å². The summed E-state index contributed by atoms with van der Waals surface area (Å²) in [5.41, 5.74) is 7.59. The van der Waals surface area contributed by atoms with E-state index in [1.165, 1.54) is 12.8 Å². The van der Waals surface area contributed by atoms with Crippen LogP contribution in [0.3, 0.4) is 0 Å². The molecule has 22 heavy (non-hydrogen) atoms. The number of aryl methyl sites for hydroxylation is 1. The molecular weight excluding hydrogens is 302 g/mol. The molecule has 6 heteroatoms. The number of carbonyl (C=O) groups is 2. The number of hydrogen-bond donors (Lipinski definition) is 3. The average molecular weight is 326 g/mol. The molecule has 0 unspecified atom stereocenters. The summed E-state index contributed by atoms with van der Waals surface area (Å²) in [6, 6.07) is 5.63. The number of nitrogens with one attached hydrogen (secondary N) is 2. The normalized spacial score (nSPS) is 14.3. The minimum absolute atomic E-state index is 0. The molecule has 5 nitrogen and oxygen atoms in total. The first-order valence-corrected chi connectivity index (χ1v) is 7.51. The highest BCUT2D eigenvalue weighted by atomic mass is 35.5. The van der Waals surface area contributed by atoms with Crippen molar-refractivity contribution in [3.63, 3.8) is 0 Å². The monoisotopic (exact) mass is 325 g/mol. The number of rotatable bonds is 5. The van der Waals surface area contributed by atoms with Gasteiger partial charge in [-0.3, -0.25) is 9.59 Å². The van der Waals surface area contributed by atoms with Crippen LogP contribution in [-0.2, 0) is 4.79 Å². The summed E-state index contributed by atoms with van der Waals surface area (Å²) in [5, 5.41) is 5.86. The van der Waals surface area contributed by atoms with Gasteiger partial charge in [-0.15, -0.1) is 12.4 Å². The number of carbonyl (C=O) groups excluding carboxylic acids is 2. The van der Waals surface area contributed by atoms with Gasteiger partial charge in [0, 0.05) is 30.3 Å². The second-order valence-corrected chi connectivity index (χ2v) is 5.57. The van der Waals surface area contributed by atoms with Crippen molar-refractivity contribution in [1.82, 2.24) is 5.32 Å². The lowest BCUT2D eigenvalue weighted by molar-refractivity contribution is -0.116. The van der Waals surface area contributed by atoms with Gasteiger partial charge < -0.3 is 16.4 Å². The molecule has 4 N–H and O–H groups in total. The minimum Gasteiger partial charge on any atom is -0.349 e. The van der Waals surface area contributed by atoms with E-state index in [2.05, 4.69) is 10.6 Å². The van der Waals surface area contributed by atoms with Gasteiger partial charge in [0.1, 0.15) is 0 Å². The molecular formula is C16H24ClN3O2. The summed E-state index contributed by atoms with van der Waals surface area (Å²) >= 11 is 0. The van der Waals surface area contributed by atoms with E-state index < -0.39 is 0 Å². The molecule has 0 aliphatic heterocycles. The van der Waals surface area contributed by atoms with Crippen LogP contribution in [0, 0.1) is 6.92 Å². The Morgan fingerprint density at radius 3 is 2.55 bits per heavy atom. The van der Waals surface area contributed by atoms with Crippen molar-refractivity contribution in [2.24, 2.45) is 5.73 Å². The molecule has 1 fully saturated rings. The quantitative estimate of drug-likeness (QED) is 0.777. The van der Waals surface area contributed by atoms with E-state index in [0.29, 0.717) is 24.6 Å².